The number of nitro groups is 1. The molecule has 0 spiro atoms. The fourth-order valence-electron chi connectivity index (χ4n) is 2.44. The molecular weight excluding hydrogens is 274 g/mol. The first kappa shape index (κ1) is 15.0. The monoisotopic (exact) mass is 291 g/mol. The van der Waals surface area contributed by atoms with Gasteiger partial charge in [0.15, 0.2) is 0 Å². The second-order valence-corrected chi connectivity index (χ2v) is 5.07. The molecule has 1 heterocycles. The van der Waals surface area contributed by atoms with Gasteiger partial charge in [-0.3, -0.25) is 19.7 Å². The van der Waals surface area contributed by atoms with Crippen molar-refractivity contribution < 1.29 is 14.5 Å². The molecule has 0 unspecified atom stereocenters. The molecule has 2 rings (SSSR count). The van der Waals surface area contributed by atoms with Crippen molar-refractivity contribution >= 4 is 23.6 Å². The molecule has 1 amide bonds. The molecule has 1 saturated heterocycles. The summed E-state index contributed by atoms with van der Waals surface area (Å²) in [4.78, 5) is 36.7. The van der Waals surface area contributed by atoms with E-state index >= 15 is 0 Å². The van der Waals surface area contributed by atoms with E-state index in [0.29, 0.717) is 12.0 Å². The Hall–Kier alpha value is -2.44. The molecule has 0 atom stereocenters. The third-order valence-corrected chi connectivity index (χ3v) is 3.57. The van der Waals surface area contributed by atoms with Crippen molar-refractivity contribution in [3.63, 3.8) is 0 Å². The average Bonchev–Trinajstić information content (AvgIpc) is 3.00. The zero-order chi connectivity index (χ0) is 15.4. The zero-order valence-electron chi connectivity index (χ0n) is 11.8. The largest absolute Gasteiger partial charge is 0.360 e. The summed E-state index contributed by atoms with van der Waals surface area (Å²) in [5.74, 6) is -0.0382. The molecule has 1 aliphatic rings. The molecule has 1 fully saturated rings. The van der Waals surface area contributed by atoms with E-state index in [0.717, 1.165) is 25.9 Å². The third-order valence-electron chi connectivity index (χ3n) is 3.57. The van der Waals surface area contributed by atoms with Crippen LogP contribution in [0.3, 0.4) is 0 Å². The fourth-order valence-corrected chi connectivity index (χ4v) is 2.44. The number of aldehydes is 1. The summed E-state index contributed by atoms with van der Waals surface area (Å²) in [6.45, 7) is 1.58. The fraction of sp³-hybridized carbons (Fsp3) is 0.429. The Morgan fingerprint density at radius 1 is 1.43 bits per heavy atom. The van der Waals surface area contributed by atoms with Crippen LogP contribution < -0.4 is 4.90 Å². The summed E-state index contributed by atoms with van der Waals surface area (Å²) in [6, 6.07) is 4.23. The van der Waals surface area contributed by atoms with Gasteiger partial charge in [0.1, 0.15) is 12.0 Å². The number of likely N-dealkylation sites (N-methyl/N-ethyl adjacent to an activating group) is 1. The maximum Gasteiger partial charge on any atom is 0.293 e. The molecule has 0 aliphatic carbocycles. The summed E-state index contributed by atoms with van der Waals surface area (Å²) >= 11 is 0. The van der Waals surface area contributed by atoms with Gasteiger partial charge in [0, 0.05) is 31.8 Å². The van der Waals surface area contributed by atoms with Gasteiger partial charge in [-0.05, 0) is 25.0 Å². The van der Waals surface area contributed by atoms with Crippen LogP contribution in [-0.2, 0) is 4.79 Å². The van der Waals surface area contributed by atoms with Crippen molar-refractivity contribution in [1.82, 2.24) is 4.90 Å². The zero-order valence-corrected chi connectivity index (χ0v) is 11.8. The molecule has 7 nitrogen and oxygen atoms in total. The highest BCUT2D eigenvalue weighted by molar-refractivity contribution is 5.84. The highest BCUT2D eigenvalue weighted by Gasteiger charge is 2.23. The summed E-state index contributed by atoms with van der Waals surface area (Å²) in [5, 5.41) is 11.1. The minimum absolute atomic E-state index is 0.0382. The van der Waals surface area contributed by atoms with Gasteiger partial charge >= 0.3 is 0 Å². The molecule has 0 saturated carbocycles. The molecule has 21 heavy (non-hydrogen) atoms. The molecule has 1 aliphatic heterocycles. The van der Waals surface area contributed by atoms with Crippen LogP contribution >= 0.6 is 0 Å². The normalized spacial score (nSPS) is 14.0. The highest BCUT2D eigenvalue weighted by Crippen LogP contribution is 2.28. The number of benzene rings is 1. The number of hydrogen-bond acceptors (Lipinski definition) is 5. The smallest absolute Gasteiger partial charge is 0.293 e. The van der Waals surface area contributed by atoms with E-state index in [1.54, 1.807) is 16.8 Å². The topological polar surface area (TPSA) is 83.8 Å². The average molecular weight is 291 g/mol. The van der Waals surface area contributed by atoms with Gasteiger partial charge < -0.3 is 9.80 Å². The van der Waals surface area contributed by atoms with Crippen LogP contribution in [0.15, 0.2) is 18.2 Å². The first-order valence-electron chi connectivity index (χ1n) is 6.75. The summed E-state index contributed by atoms with van der Waals surface area (Å²) in [7, 11) is 1.64. The Bertz CT molecular complexity index is 567. The number of hydrogen-bond donors (Lipinski definition) is 0. The van der Waals surface area contributed by atoms with Gasteiger partial charge in [-0.15, -0.1) is 0 Å². The van der Waals surface area contributed by atoms with E-state index < -0.39 is 4.92 Å². The lowest BCUT2D eigenvalue weighted by Crippen LogP contribution is -2.37. The van der Waals surface area contributed by atoms with Crippen LogP contribution in [-0.4, -0.2) is 48.7 Å². The number of carbonyl (C=O) groups excluding carboxylic acids is 2. The van der Waals surface area contributed by atoms with E-state index in [1.165, 1.54) is 18.2 Å². The van der Waals surface area contributed by atoms with Crippen LogP contribution in [0.1, 0.15) is 23.2 Å². The van der Waals surface area contributed by atoms with Crippen molar-refractivity contribution in [3.05, 3.63) is 33.9 Å². The number of rotatable bonds is 5. The van der Waals surface area contributed by atoms with Crippen molar-refractivity contribution in [2.45, 2.75) is 12.8 Å². The van der Waals surface area contributed by atoms with Crippen LogP contribution in [0.25, 0.3) is 0 Å². The van der Waals surface area contributed by atoms with Gasteiger partial charge in [-0.1, -0.05) is 0 Å². The Morgan fingerprint density at radius 3 is 2.67 bits per heavy atom. The lowest BCUT2D eigenvalue weighted by molar-refractivity contribution is -0.384. The minimum Gasteiger partial charge on any atom is -0.360 e. The number of likely N-dealkylation sites (tertiary alicyclic amines) is 1. The lowest BCUT2D eigenvalue weighted by atomic mass is 10.1. The lowest BCUT2D eigenvalue weighted by Gasteiger charge is -2.22. The number of amides is 1. The Balaban J connectivity index is 2.17. The van der Waals surface area contributed by atoms with Gasteiger partial charge in [-0.25, -0.2) is 0 Å². The van der Waals surface area contributed by atoms with Crippen molar-refractivity contribution in [2.24, 2.45) is 0 Å². The molecule has 1 aromatic rings. The number of nitrogens with zero attached hydrogens (tertiary/aromatic N) is 3. The maximum absolute atomic E-state index is 12.1. The van der Waals surface area contributed by atoms with Gasteiger partial charge in [0.25, 0.3) is 5.69 Å². The van der Waals surface area contributed by atoms with Gasteiger partial charge in [0.05, 0.1) is 11.5 Å². The quantitative estimate of drug-likeness (QED) is 0.466. The molecule has 0 bridgehead atoms. The van der Waals surface area contributed by atoms with Crippen LogP contribution in [0.2, 0.25) is 0 Å². The van der Waals surface area contributed by atoms with Crippen molar-refractivity contribution in [2.75, 3.05) is 31.6 Å². The van der Waals surface area contributed by atoms with Crippen LogP contribution in [0.5, 0.6) is 0 Å². The molecule has 0 N–H and O–H groups in total. The molecular formula is C14H17N3O4. The Morgan fingerprint density at radius 2 is 2.10 bits per heavy atom. The number of anilines is 1. The van der Waals surface area contributed by atoms with Gasteiger partial charge in [-0.2, -0.15) is 0 Å². The van der Waals surface area contributed by atoms with E-state index in [4.69, 9.17) is 0 Å². The van der Waals surface area contributed by atoms with E-state index in [9.17, 15) is 19.7 Å². The molecule has 0 aromatic heterocycles. The first-order chi connectivity index (χ1) is 10.0. The first-order valence-corrected chi connectivity index (χ1v) is 6.75. The second kappa shape index (κ2) is 6.34. The molecule has 112 valence electrons. The highest BCUT2D eigenvalue weighted by atomic mass is 16.6. The number of nitro benzene ring substituents is 1. The third kappa shape index (κ3) is 3.36. The standard InChI is InChI=1S/C14H17N3O4/c1-15(9-14(19)16-6-2-3-7-16)12-5-4-11(10-18)8-13(12)17(20)21/h4-5,8,10H,2-3,6-7,9H2,1H3. The van der Waals surface area contributed by atoms with Crippen molar-refractivity contribution in [3.8, 4) is 0 Å². The van der Waals surface area contributed by atoms with E-state index in [-0.39, 0.29) is 23.7 Å². The Kier molecular flexibility index (Phi) is 4.52. The molecule has 1 aromatic carbocycles. The minimum atomic E-state index is -0.542. The Labute approximate surface area is 122 Å². The summed E-state index contributed by atoms with van der Waals surface area (Å²) < 4.78 is 0. The second-order valence-electron chi connectivity index (χ2n) is 5.07. The maximum atomic E-state index is 12.1. The predicted molar refractivity (Wildman–Crippen MR) is 77.6 cm³/mol. The predicted octanol–water partition coefficient (Wildman–Crippen LogP) is 1.47. The summed E-state index contributed by atoms with van der Waals surface area (Å²) in [6.07, 6.45) is 2.57. The van der Waals surface area contributed by atoms with Gasteiger partial charge in [0.2, 0.25) is 5.91 Å². The van der Waals surface area contributed by atoms with Crippen LogP contribution in [0, 0.1) is 10.1 Å². The number of carbonyl (C=O) groups is 2. The van der Waals surface area contributed by atoms with Crippen molar-refractivity contribution in [1.29, 1.82) is 0 Å². The summed E-state index contributed by atoms with van der Waals surface area (Å²) in [5.41, 5.74) is 0.402. The van der Waals surface area contributed by atoms with E-state index in [1.807, 2.05) is 0 Å². The molecule has 0 radical (unpaired) electrons. The molecule has 7 heteroatoms. The van der Waals surface area contributed by atoms with Crippen LogP contribution in [0.4, 0.5) is 11.4 Å². The van der Waals surface area contributed by atoms with E-state index in [2.05, 4.69) is 0 Å². The SMILES string of the molecule is CN(CC(=O)N1CCCC1)c1ccc(C=O)cc1[N+](=O)[O-].